The molecule has 3 heterocycles. The fourth-order valence-electron chi connectivity index (χ4n) is 4.24. The monoisotopic (exact) mass is 429 g/mol. The van der Waals surface area contributed by atoms with Gasteiger partial charge in [0.05, 0.1) is 12.1 Å². The molecule has 5 rings (SSSR count). The Morgan fingerprint density at radius 1 is 0.710 bits per heavy atom. The van der Waals surface area contributed by atoms with Crippen LogP contribution in [0.4, 0.5) is 5.69 Å². The number of anilines is 1. The number of benzene rings is 2. The van der Waals surface area contributed by atoms with Crippen LogP contribution < -0.4 is 4.90 Å². The lowest BCUT2D eigenvalue weighted by atomic mass is 10.1. The zero-order chi connectivity index (χ0) is 21.2. The van der Waals surface area contributed by atoms with Gasteiger partial charge in [-0.2, -0.15) is 0 Å². The Kier molecular flexibility index (Phi) is 5.30. The average Bonchev–Trinajstić information content (AvgIpc) is 3.43. The largest absolute Gasteiger partial charge is 0.368 e. The first kappa shape index (κ1) is 19.6. The predicted octanol–water partition coefficient (Wildman–Crippen LogP) is 3.85. The molecule has 0 atom stereocenters. The average molecular weight is 430 g/mol. The molecule has 0 bridgehead atoms. The Labute approximate surface area is 185 Å². The van der Waals surface area contributed by atoms with Gasteiger partial charge in [-0.1, -0.05) is 54.6 Å². The highest BCUT2D eigenvalue weighted by Crippen LogP contribution is 2.35. The Bertz CT molecular complexity index is 1100. The van der Waals surface area contributed by atoms with E-state index >= 15 is 0 Å². The number of piperazine rings is 1. The molecule has 2 aliphatic rings. The van der Waals surface area contributed by atoms with Crippen molar-refractivity contribution in [3.05, 3.63) is 94.3 Å². The van der Waals surface area contributed by atoms with Crippen LogP contribution in [0.3, 0.4) is 0 Å². The van der Waals surface area contributed by atoms with Gasteiger partial charge in [0.25, 0.3) is 11.8 Å². The van der Waals surface area contributed by atoms with Crippen molar-refractivity contribution < 1.29 is 9.59 Å². The van der Waals surface area contributed by atoms with E-state index in [9.17, 15) is 9.59 Å². The lowest BCUT2D eigenvalue weighted by Crippen LogP contribution is -2.47. The van der Waals surface area contributed by atoms with Gasteiger partial charge in [0.1, 0.15) is 5.70 Å². The number of amides is 2. The van der Waals surface area contributed by atoms with Crippen molar-refractivity contribution in [1.82, 2.24) is 9.80 Å². The van der Waals surface area contributed by atoms with Crippen LogP contribution in [0.25, 0.3) is 5.57 Å². The first-order valence-corrected chi connectivity index (χ1v) is 11.3. The van der Waals surface area contributed by atoms with Gasteiger partial charge < -0.3 is 9.80 Å². The molecule has 0 unspecified atom stereocenters. The fraction of sp³-hybridized carbons (Fsp3) is 0.200. The number of nitrogens with zero attached hydrogens (tertiary/aromatic N) is 3. The van der Waals surface area contributed by atoms with Crippen molar-refractivity contribution in [1.29, 1.82) is 0 Å². The van der Waals surface area contributed by atoms with Crippen LogP contribution in [0.15, 0.2) is 83.9 Å². The first-order chi connectivity index (χ1) is 15.2. The van der Waals surface area contributed by atoms with Gasteiger partial charge >= 0.3 is 0 Å². The second-order valence-corrected chi connectivity index (χ2v) is 8.64. The minimum atomic E-state index is -0.197. The number of carbonyl (C=O) groups is 2. The maximum atomic E-state index is 13.5. The second-order valence-electron chi connectivity index (χ2n) is 7.69. The van der Waals surface area contributed by atoms with Crippen molar-refractivity contribution in [2.45, 2.75) is 6.54 Å². The molecule has 1 fully saturated rings. The zero-order valence-corrected chi connectivity index (χ0v) is 17.9. The molecule has 1 saturated heterocycles. The molecule has 2 aromatic carbocycles. The summed E-state index contributed by atoms with van der Waals surface area (Å²) in [6.07, 6.45) is 0. The van der Waals surface area contributed by atoms with Gasteiger partial charge in [0, 0.05) is 36.7 Å². The maximum Gasteiger partial charge on any atom is 0.278 e. The standard InChI is InChI=1S/C25H23N3O2S/c29-24-22(21-12-7-17-31-21)23(25(30)28(24)18-19-8-3-1-4-9-19)27-15-13-26(14-16-27)20-10-5-2-6-11-20/h1-12,17H,13-16,18H2. The van der Waals surface area contributed by atoms with E-state index in [4.69, 9.17) is 0 Å². The summed E-state index contributed by atoms with van der Waals surface area (Å²) in [5.74, 6) is -0.387. The Balaban J connectivity index is 1.42. The van der Waals surface area contributed by atoms with Crippen LogP contribution in [0.5, 0.6) is 0 Å². The molecule has 31 heavy (non-hydrogen) atoms. The van der Waals surface area contributed by atoms with E-state index in [1.165, 1.54) is 21.9 Å². The quantitative estimate of drug-likeness (QED) is 0.578. The highest BCUT2D eigenvalue weighted by molar-refractivity contribution is 7.11. The van der Waals surface area contributed by atoms with Crippen LogP contribution >= 0.6 is 11.3 Å². The third-order valence-corrected chi connectivity index (χ3v) is 6.70. The van der Waals surface area contributed by atoms with Gasteiger partial charge in [-0.25, -0.2) is 0 Å². The smallest absolute Gasteiger partial charge is 0.278 e. The van der Waals surface area contributed by atoms with E-state index in [2.05, 4.69) is 21.9 Å². The molecule has 0 N–H and O–H groups in total. The summed E-state index contributed by atoms with van der Waals surface area (Å²) in [6.45, 7) is 3.33. The second kappa shape index (κ2) is 8.40. The van der Waals surface area contributed by atoms with Crippen LogP contribution in [-0.4, -0.2) is 47.8 Å². The van der Waals surface area contributed by atoms with Crippen LogP contribution in [0, 0.1) is 0 Å². The molecule has 6 heteroatoms. The third-order valence-electron chi connectivity index (χ3n) is 5.81. The first-order valence-electron chi connectivity index (χ1n) is 10.5. The number of hydrogen-bond acceptors (Lipinski definition) is 5. The number of imide groups is 1. The minimum Gasteiger partial charge on any atom is -0.368 e. The van der Waals surface area contributed by atoms with E-state index < -0.39 is 0 Å². The SMILES string of the molecule is O=C1C(c2cccs2)=C(N2CCN(c3ccccc3)CC2)C(=O)N1Cc1ccccc1. The van der Waals surface area contributed by atoms with Crippen molar-refractivity contribution in [3.8, 4) is 0 Å². The number of hydrogen-bond donors (Lipinski definition) is 0. The molecule has 156 valence electrons. The summed E-state index contributed by atoms with van der Waals surface area (Å²) < 4.78 is 0. The van der Waals surface area contributed by atoms with E-state index in [1.807, 2.05) is 66.0 Å². The topological polar surface area (TPSA) is 43.9 Å². The molecule has 2 amide bonds. The molecule has 0 saturated carbocycles. The van der Waals surface area contributed by atoms with E-state index in [1.54, 1.807) is 0 Å². The predicted molar refractivity (Wildman–Crippen MR) is 123 cm³/mol. The Morgan fingerprint density at radius 3 is 2.00 bits per heavy atom. The highest BCUT2D eigenvalue weighted by Gasteiger charge is 2.42. The molecule has 5 nitrogen and oxygen atoms in total. The summed E-state index contributed by atoms with van der Waals surface area (Å²) in [6, 6.07) is 23.9. The molecule has 0 aliphatic carbocycles. The fourth-order valence-corrected chi connectivity index (χ4v) is 5.00. The highest BCUT2D eigenvalue weighted by atomic mass is 32.1. The van der Waals surface area contributed by atoms with Gasteiger partial charge in [-0.15, -0.1) is 11.3 Å². The van der Waals surface area contributed by atoms with Crippen molar-refractivity contribution >= 4 is 34.4 Å². The maximum absolute atomic E-state index is 13.5. The lowest BCUT2D eigenvalue weighted by Gasteiger charge is -2.37. The number of thiophene rings is 1. The number of rotatable bonds is 5. The Hall–Kier alpha value is -3.38. The van der Waals surface area contributed by atoms with Crippen LogP contribution in [-0.2, 0) is 16.1 Å². The van der Waals surface area contributed by atoms with Crippen molar-refractivity contribution in [2.75, 3.05) is 31.1 Å². The summed E-state index contributed by atoms with van der Waals surface area (Å²) in [5, 5.41) is 1.95. The minimum absolute atomic E-state index is 0.189. The number of para-hydroxylation sites is 1. The van der Waals surface area contributed by atoms with Gasteiger partial charge in [0.2, 0.25) is 0 Å². The van der Waals surface area contributed by atoms with Crippen LogP contribution in [0.2, 0.25) is 0 Å². The summed E-state index contributed by atoms with van der Waals surface area (Å²) in [7, 11) is 0. The lowest BCUT2D eigenvalue weighted by molar-refractivity contribution is -0.138. The molecular formula is C25H23N3O2S. The Morgan fingerprint density at radius 2 is 1.35 bits per heavy atom. The van der Waals surface area contributed by atoms with Gasteiger partial charge in [0.15, 0.2) is 0 Å². The molecular weight excluding hydrogens is 406 g/mol. The van der Waals surface area contributed by atoms with Crippen molar-refractivity contribution in [3.63, 3.8) is 0 Å². The number of carbonyl (C=O) groups excluding carboxylic acids is 2. The zero-order valence-electron chi connectivity index (χ0n) is 17.1. The third kappa shape index (κ3) is 3.75. The summed E-state index contributed by atoms with van der Waals surface area (Å²) >= 11 is 1.50. The van der Waals surface area contributed by atoms with E-state index in [0.717, 1.165) is 23.5 Å². The summed E-state index contributed by atoms with van der Waals surface area (Å²) in [4.78, 5) is 33.5. The van der Waals surface area contributed by atoms with E-state index in [-0.39, 0.29) is 11.8 Å². The molecule has 3 aromatic rings. The summed E-state index contributed by atoms with van der Waals surface area (Å²) in [5.41, 5.74) is 3.24. The van der Waals surface area contributed by atoms with Crippen molar-refractivity contribution in [2.24, 2.45) is 0 Å². The molecule has 0 spiro atoms. The van der Waals surface area contributed by atoms with Gasteiger partial charge in [-0.3, -0.25) is 14.5 Å². The molecule has 1 aromatic heterocycles. The normalized spacial score (nSPS) is 17.1. The molecule has 0 radical (unpaired) electrons. The van der Waals surface area contributed by atoms with Gasteiger partial charge in [-0.05, 0) is 29.1 Å². The van der Waals surface area contributed by atoms with E-state index in [0.29, 0.717) is 30.9 Å². The molecule has 2 aliphatic heterocycles. The van der Waals surface area contributed by atoms with Crippen LogP contribution in [0.1, 0.15) is 10.4 Å².